The lowest BCUT2D eigenvalue weighted by atomic mass is 10.4. The number of aromatic nitrogens is 4. The first-order chi connectivity index (χ1) is 8.69. The van der Waals surface area contributed by atoms with Crippen LogP contribution in [0.2, 0.25) is 0 Å². The van der Waals surface area contributed by atoms with Crippen LogP contribution in [0, 0.1) is 11.5 Å². The summed E-state index contributed by atoms with van der Waals surface area (Å²) in [5.74, 6) is 0.905. The molecule has 98 valence electrons. The highest BCUT2D eigenvalue weighted by molar-refractivity contribution is 8.41. The molecule has 0 aliphatic rings. The molecule has 0 radical (unpaired) electrons. The van der Waals surface area contributed by atoms with Gasteiger partial charge in [-0.15, -0.1) is 5.10 Å². The zero-order valence-electron chi connectivity index (χ0n) is 10.4. The summed E-state index contributed by atoms with van der Waals surface area (Å²) in [6.07, 6.45) is 1.82. The van der Waals surface area contributed by atoms with Crippen molar-refractivity contribution >= 4 is 39.7 Å². The third-order valence-corrected chi connectivity index (χ3v) is 4.87. The molecule has 0 aliphatic carbocycles. The molecule has 0 atom stereocenters. The highest BCUT2D eigenvalue weighted by atomic mass is 32.2. The molecule has 0 unspecified atom stereocenters. The maximum Gasteiger partial charge on any atom is 0.210 e. The molecule has 9 heteroatoms. The van der Waals surface area contributed by atoms with Crippen molar-refractivity contribution in [3.05, 3.63) is 0 Å². The summed E-state index contributed by atoms with van der Waals surface area (Å²) < 4.78 is 2.57. The Kier molecular flexibility index (Phi) is 7.15. The molecule has 0 aromatic carbocycles. The monoisotopic (exact) mass is 302 g/mol. The average molecular weight is 302 g/mol. The third kappa shape index (κ3) is 4.88. The van der Waals surface area contributed by atoms with Crippen molar-refractivity contribution < 1.29 is 0 Å². The second-order valence-corrected chi connectivity index (χ2v) is 7.10. The van der Waals surface area contributed by atoms with Crippen molar-refractivity contribution in [2.24, 2.45) is 4.99 Å². The summed E-state index contributed by atoms with van der Waals surface area (Å²) in [6, 6.07) is 0.241. The van der Waals surface area contributed by atoms with Gasteiger partial charge in [-0.05, 0) is 30.0 Å². The summed E-state index contributed by atoms with van der Waals surface area (Å²) in [6.45, 7) is 6.09. The second kappa shape index (κ2) is 8.39. The van der Waals surface area contributed by atoms with Crippen LogP contribution in [0.1, 0.15) is 26.8 Å². The van der Waals surface area contributed by atoms with Crippen molar-refractivity contribution in [3.8, 4) is 6.19 Å². The zero-order chi connectivity index (χ0) is 13.4. The molecule has 1 rings (SSSR count). The van der Waals surface area contributed by atoms with E-state index >= 15 is 0 Å². The van der Waals surface area contributed by atoms with Gasteiger partial charge in [-0.25, -0.2) is 4.68 Å². The zero-order valence-corrected chi connectivity index (χ0v) is 12.8. The molecule has 0 aliphatic heterocycles. The molecule has 1 aromatic rings. The fraction of sp³-hybridized carbons (Fsp3) is 0.667. The smallest absolute Gasteiger partial charge is 0.210 e. The van der Waals surface area contributed by atoms with E-state index in [0.29, 0.717) is 0 Å². The third-order valence-electron chi connectivity index (χ3n) is 1.73. The minimum atomic E-state index is 0.241. The predicted octanol–water partition coefficient (Wildman–Crippen LogP) is 2.63. The first-order valence-electron chi connectivity index (χ1n) is 5.32. The van der Waals surface area contributed by atoms with Gasteiger partial charge < -0.3 is 0 Å². The van der Waals surface area contributed by atoms with E-state index in [-0.39, 0.29) is 6.04 Å². The standard InChI is InChI=1S/C9H14N6S3/c1-4-16-9(11-5-10)18-6-17-8-12-13-14-15(8)7(2)3/h7H,4,6H2,1-3H3. The van der Waals surface area contributed by atoms with Gasteiger partial charge in [0.05, 0.1) is 11.1 Å². The van der Waals surface area contributed by atoms with Gasteiger partial charge in [0.15, 0.2) is 0 Å². The van der Waals surface area contributed by atoms with E-state index in [1.807, 2.05) is 27.0 Å². The molecule has 0 fully saturated rings. The Morgan fingerprint density at radius 2 is 2.28 bits per heavy atom. The predicted molar refractivity (Wildman–Crippen MR) is 77.7 cm³/mol. The molecule has 0 bridgehead atoms. The van der Waals surface area contributed by atoms with E-state index in [4.69, 9.17) is 5.26 Å². The molecule has 0 saturated heterocycles. The van der Waals surface area contributed by atoms with Crippen molar-refractivity contribution in [1.82, 2.24) is 20.2 Å². The van der Waals surface area contributed by atoms with E-state index in [1.165, 1.54) is 11.8 Å². The van der Waals surface area contributed by atoms with Gasteiger partial charge in [0.1, 0.15) is 4.38 Å². The number of hydrogen-bond donors (Lipinski definition) is 0. The first kappa shape index (κ1) is 15.3. The number of nitriles is 1. The van der Waals surface area contributed by atoms with Gasteiger partial charge in [-0.3, -0.25) is 0 Å². The lowest BCUT2D eigenvalue weighted by Gasteiger charge is -2.06. The van der Waals surface area contributed by atoms with Crippen LogP contribution in [0.3, 0.4) is 0 Å². The summed E-state index contributed by atoms with van der Waals surface area (Å²) >= 11 is 4.65. The molecule has 0 spiro atoms. The van der Waals surface area contributed by atoms with Gasteiger partial charge >= 0.3 is 0 Å². The largest absolute Gasteiger partial charge is 0.218 e. The first-order valence-corrected chi connectivity index (χ1v) is 8.27. The number of rotatable bonds is 5. The lowest BCUT2D eigenvalue weighted by Crippen LogP contribution is -2.04. The molecule has 0 amide bonds. The Morgan fingerprint density at radius 1 is 1.50 bits per heavy atom. The van der Waals surface area contributed by atoms with Crippen LogP contribution in [0.25, 0.3) is 0 Å². The van der Waals surface area contributed by atoms with E-state index in [1.54, 1.807) is 28.2 Å². The van der Waals surface area contributed by atoms with Crippen LogP contribution in [-0.4, -0.2) is 35.4 Å². The van der Waals surface area contributed by atoms with Gasteiger partial charge in [0.25, 0.3) is 0 Å². The van der Waals surface area contributed by atoms with Crippen molar-refractivity contribution in [3.63, 3.8) is 0 Å². The Balaban J connectivity index is 2.48. The van der Waals surface area contributed by atoms with Crippen LogP contribution in [0.4, 0.5) is 0 Å². The Morgan fingerprint density at radius 3 is 2.89 bits per heavy atom. The fourth-order valence-corrected chi connectivity index (χ4v) is 4.12. The molecule has 6 nitrogen and oxygen atoms in total. The number of aliphatic imine (C=N–C) groups is 1. The number of thioether (sulfide) groups is 3. The molecule has 1 heterocycles. The molecule has 1 aromatic heterocycles. The molecular formula is C9H14N6S3. The summed E-state index contributed by atoms with van der Waals surface area (Å²) in [5.41, 5.74) is 0. The van der Waals surface area contributed by atoms with Gasteiger partial charge in [-0.2, -0.15) is 10.3 Å². The Labute approximate surface area is 119 Å². The number of hydrogen-bond acceptors (Lipinski definition) is 8. The quantitative estimate of drug-likeness (QED) is 0.272. The molecular weight excluding hydrogens is 288 g/mol. The average Bonchev–Trinajstić information content (AvgIpc) is 2.78. The SMILES string of the molecule is CCSC(=NC#N)SCSc1nnnn1C(C)C. The van der Waals surface area contributed by atoms with Gasteiger partial charge in [0, 0.05) is 0 Å². The van der Waals surface area contributed by atoms with Crippen LogP contribution >= 0.6 is 35.3 Å². The lowest BCUT2D eigenvalue weighted by molar-refractivity contribution is 0.477. The molecule has 0 saturated carbocycles. The molecule has 0 N–H and O–H groups in total. The Hall–Kier alpha value is -0.720. The van der Waals surface area contributed by atoms with E-state index < -0.39 is 0 Å². The maximum absolute atomic E-state index is 8.56. The highest BCUT2D eigenvalue weighted by Gasteiger charge is 2.10. The minimum absolute atomic E-state index is 0.241. The van der Waals surface area contributed by atoms with Gasteiger partial charge in [0.2, 0.25) is 11.3 Å². The highest BCUT2D eigenvalue weighted by Crippen LogP contribution is 2.26. The number of tetrazole rings is 1. The van der Waals surface area contributed by atoms with Crippen molar-refractivity contribution in [1.29, 1.82) is 5.26 Å². The van der Waals surface area contributed by atoms with Crippen LogP contribution in [0.5, 0.6) is 0 Å². The maximum atomic E-state index is 8.56. The van der Waals surface area contributed by atoms with Crippen LogP contribution in [0.15, 0.2) is 10.1 Å². The van der Waals surface area contributed by atoms with Crippen LogP contribution < -0.4 is 0 Å². The topological polar surface area (TPSA) is 79.8 Å². The summed E-state index contributed by atoms with van der Waals surface area (Å²) in [4.78, 5) is 3.77. The summed E-state index contributed by atoms with van der Waals surface area (Å²) in [7, 11) is 0. The minimum Gasteiger partial charge on any atom is -0.218 e. The molecule has 18 heavy (non-hydrogen) atoms. The Bertz CT molecular complexity index is 436. The number of nitrogens with zero attached hydrogens (tertiary/aromatic N) is 6. The van der Waals surface area contributed by atoms with E-state index in [0.717, 1.165) is 20.4 Å². The van der Waals surface area contributed by atoms with Gasteiger partial charge in [-0.1, -0.05) is 42.2 Å². The van der Waals surface area contributed by atoms with Crippen molar-refractivity contribution in [2.75, 3.05) is 10.8 Å². The summed E-state index contributed by atoms with van der Waals surface area (Å²) in [5, 5.41) is 21.6. The van der Waals surface area contributed by atoms with Crippen molar-refractivity contribution in [2.45, 2.75) is 32.0 Å². The second-order valence-electron chi connectivity index (χ2n) is 3.32. The van der Waals surface area contributed by atoms with Crippen LogP contribution in [-0.2, 0) is 0 Å². The normalized spacial score (nSPS) is 11.8. The fourth-order valence-electron chi connectivity index (χ4n) is 1.01. The van der Waals surface area contributed by atoms with E-state index in [9.17, 15) is 0 Å². The van der Waals surface area contributed by atoms with E-state index in [2.05, 4.69) is 20.5 Å².